The van der Waals surface area contributed by atoms with Crippen LogP contribution >= 0.6 is 0 Å². The summed E-state index contributed by atoms with van der Waals surface area (Å²) >= 11 is 0. The first kappa shape index (κ1) is 17.0. The van der Waals surface area contributed by atoms with Crippen LogP contribution in [-0.4, -0.2) is 55.0 Å². The molecule has 1 N–H and O–H groups in total. The van der Waals surface area contributed by atoms with Gasteiger partial charge in [-0.3, -0.25) is 0 Å². The molecule has 0 spiro atoms. The zero-order valence-electron chi connectivity index (χ0n) is 15.6. The van der Waals surface area contributed by atoms with Gasteiger partial charge in [-0.15, -0.1) is 19.9 Å². The van der Waals surface area contributed by atoms with Crippen molar-refractivity contribution in [3.8, 4) is 17.0 Å². The Morgan fingerprint density at radius 3 is 2.71 bits per heavy atom. The van der Waals surface area contributed by atoms with E-state index in [1.54, 1.807) is 31.0 Å². The molecule has 4 heterocycles. The lowest BCUT2D eigenvalue weighted by Crippen LogP contribution is -2.30. The van der Waals surface area contributed by atoms with Gasteiger partial charge < -0.3 is 10.1 Å². The van der Waals surface area contributed by atoms with E-state index >= 15 is 0 Å². The van der Waals surface area contributed by atoms with Crippen LogP contribution < -0.4 is 10.1 Å². The number of piperidine rings is 1. The van der Waals surface area contributed by atoms with Crippen molar-refractivity contribution in [1.82, 2.24) is 40.1 Å². The highest BCUT2D eigenvalue weighted by atomic mass is 19.1. The van der Waals surface area contributed by atoms with E-state index in [9.17, 15) is 4.39 Å². The largest absolute Gasteiger partial charge is 0.493 e. The van der Waals surface area contributed by atoms with Gasteiger partial charge in [0, 0.05) is 11.6 Å². The third-order valence-electron chi connectivity index (χ3n) is 4.99. The maximum atomic E-state index is 14.8. The van der Waals surface area contributed by atoms with Gasteiger partial charge in [0.25, 0.3) is 0 Å². The summed E-state index contributed by atoms with van der Waals surface area (Å²) in [6.45, 7) is 3.60. The summed E-state index contributed by atoms with van der Waals surface area (Å²) in [5.74, 6) is 0.669. The molecule has 144 valence electrons. The summed E-state index contributed by atoms with van der Waals surface area (Å²) in [5.41, 5.74) is 2.39. The van der Waals surface area contributed by atoms with Crippen LogP contribution in [0, 0.1) is 12.7 Å². The quantitative estimate of drug-likeness (QED) is 0.578. The number of aryl methyl sites for hydroxylation is 1. The number of ether oxygens (including phenoxy) is 1. The number of hydrogen-bond donors (Lipinski definition) is 1. The summed E-state index contributed by atoms with van der Waals surface area (Å²) in [6, 6.07) is 5.12. The van der Waals surface area contributed by atoms with Crippen LogP contribution in [-0.2, 0) is 0 Å². The van der Waals surface area contributed by atoms with E-state index in [-0.39, 0.29) is 11.6 Å². The zero-order chi connectivity index (χ0) is 19.3. The second-order valence-electron chi connectivity index (χ2n) is 6.90. The number of nitrogens with one attached hydrogen (secondary N) is 1. The van der Waals surface area contributed by atoms with Gasteiger partial charge in [-0.1, -0.05) is 0 Å². The van der Waals surface area contributed by atoms with Crippen molar-refractivity contribution in [2.75, 3.05) is 20.2 Å². The van der Waals surface area contributed by atoms with Crippen molar-refractivity contribution in [3.63, 3.8) is 0 Å². The third kappa shape index (κ3) is 2.76. The van der Waals surface area contributed by atoms with Gasteiger partial charge in [0.2, 0.25) is 5.65 Å². The molecule has 0 amide bonds. The second-order valence-corrected chi connectivity index (χ2v) is 6.90. The summed E-state index contributed by atoms with van der Waals surface area (Å²) in [6.07, 6.45) is 1.85. The van der Waals surface area contributed by atoms with E-state index in [2.05, 4.69) is 30.7 Å². The monoisotopic (exact) mass is 382 g/mol. The molecule has 1 aromatic carbocycles. The Kier molecular flexibility index (Phi) is 3.93. The molecule has 0 bridgehead atoms. The summed E-state index contributed by atoms with van der Waals surface area (Å²) in [7, 11) is 1.55. The predicted octanol–water partition coefficient (Wildman–Crippen LogP) is 1.92. The van der Waals surface area contributed by atoms with Crippen molar-refractivity contribution in [2.24, 2.45) is 0 Å². The Balaban J connectivity index is 1.62. The molecule has 3 aromatic heterocycles. The first-order chi connectivity index (χ1) is 13.6. The van der Waals surface area contributed by atoms with Crippen molar-refractivity contribution in [3.05, 3.63) is 29.8 Å². The van der Waals surface area contributed by atoms with E-state index < -0.39 is 5.82 Å². The standard InChI is InChI=1S/C18H19FN8O/c1-10-21-18-16(28-2)9-14(23-27(18)22-10)11-7-13(19)17-15(8-11)24-26(25-17)12-3-5-20-6-4-12/h7-9,12,20H,3-6H2,1-2H3. The minimum Gasteiger partial charge on any atom is -0.493 e. The van der Waals surface area contributed by atoms with E-state index in [0.29, 0.717) is 34.0 Å². The average Bonchev–Trinajstić information content (AvgIpc) is 3.30. The normalized spacial score (nSPS) is 15.5. The van der Waals surface area contributed by atoms with Gasteiger partial charge in [-0.25, -0.2) is 9.37 Å². The van der Waals surface area contributed by atoms with Gasteiger partial charge in [0.15, 0.2) is 17.4 Å². The van der Waals surface area contributed by atoms with Crippen LogP contribution in [0.3, 0.4) is 0 Å². The highest BCUT2D eigenvalue weighted by Gasteiger charge is 2.20. The number of benzene rings is 1. The fourth-order valence-corrected chi connectivity index (χ4v) is 3.58. The van der Waals surface area contributed by atoms with Crippen molar-refractivity contribution in [2.45, 2.75) is 25.8 Å². The van der Waals surface area contributed by atoms with Crippen LogP contribution in [0.2, 0.25) is 0 Å². The maximum absolute atomic E-state index is 14.8. The Bertz CT molecular complexity index is 1180. The van der Waals surface area contributed by atoms with Crippen LogP contribution in [0.25, 0.3) is 27.9 Å². The van der Waals surface area contributed by atoms with Gasteiger partial charge in [-0.05, 0) is 45.0 Å². The summed E-state index contributed by atoms with van der Waals surface area (Å²) in [4.78, 5) is 5.95. The van der Waals surface area contributed by atoms with E-state index in [1.807, 2.05) is 0 Å². The van der Waals surface area contributed by atoms with E-state index in [0.717, 1.165) is 25.9 Å². The first-order valence-corrected chi connectivity index (χ1v) is 9.18. The Labute approximate surface area is 159 Å². The molecule has 0 aliphatic carbocycles. The molecule has 1 saturated heterocycles. The SMILES string of the molecule is COc1cc(-c2cc(F)c3nn(C4CCNCC4)nc3c2)nn2nc(C)nc12. The van der Waals surface area contributed by atoms with Gasteiger partial charge >= 0.3 is 0 Å². The van der Waals surface area contributed by atoms with Crippen LogP contribution in [0.4, 0.5) is 4.39 Å². The average molecular weight is 382 g/mol. The molecule has 0 atom stereocenters. The van der Waals surface area contributed by atoms with Crippen molar-refractivity contribution in [1.29, 1.82) is 0 Å². The van der Waals surface area contributed by atoms with Crippen LogP contribution in [0.5, 0.6) is 5.75 Å². The molecule has 1 fully saturated rings. The summed E-state index contributed by atoms with van der Waals surface area (Å²) < 4.78 is 21.6. The molecule has 10 heteroatoms. The molecule has 28 heavy (non-hydrogen) atoms. The molecule has 0 saturated carbocycles. The molecular weight excluding hydrogens is 363 g/mol. The maximum Gasteiger partial charge on any atom is 0.218 e. The lowest BCUT2D eigenvalue weighted by Gasteiger charge is -2.21. The number of halogens is 1. The highest BCUT2D eigenvalue weighted by Crippen LogP contribution is 2.29. The molecule has 0 unspecified atom stereocenters. The number of nitrogens with zero attached hydrogens (tertiary/aromatic N) is 7. The van der Waals surface area contributed by atoms with E-state index in [4.69, 9.17) is 4.74 Å². The topological polar surface area (TPSA) is 95.0 Å². The molecular formula is C18H19FN8O. The molecule has 9 nitrogen and oxygen atoms in total. The lowest BCUT2D eigenvalue weighted by atomic mass is 10.1. The number of methoxy groups -OCH3 is 1. The molecule has 0 radical (unpaired) electrons. The van der Waals surface area contributed by atoms with Gasteiger partial charge in [-0.2, -0.15) is 9.90 Å². The molecule has 4 aromatic rings. The number of fused-ring (bicyclic) bond motifs is 2. The number of hydrogen-bond acceptors (Lipinski definition) is 7. The van der Waals surface area contributed by atoms with Crippen molar-refractivity contribution < 1.29 is 9.13 Å². The number of aromatic nitrogens is 7. The number of rotatable bonds is 3. The fourth-order valence-electron chi connectivity index (χ4n) is 3.58. The smallest absolute Gasteiger partial charge is 0.218 e. The third-order valence-corrected chi connectivity index (χ3v) is 4.99. The minimum absolute atomic E-state index is 0.184. The fraction of sp³-hybridized carbons (Fsp3) is 0.389. The first-order valence-electron chi connectivity index (χ1n) is 9.18. The molecule has 1 aliphatic heterocycles. The predicted molar refractivity (Wildman–Crippen MR) is 99.7 cm³/mol. The second kappa shape index (κ2) is 6.48. The summed E-state index contributed by atoms with van der Waals surface area (Å²) in [5, 5.41) is 20.9. The lowest BCUT2D eigenvalue weighted by molar-refractivity contribution is 0.316. The van der Waals surface area contributed by atoms with Crippen LogP contribution in [0.1, 0.15) is 24.7 Å². The highest BCUT2D eigenvalue weighted by molar-refractivity contribution is 5.81. The molecule has 5 rings (SSSR count). The molecule has 1 aliphatic rings. The zero-order valence-corrected chi connectivity index (χ0v) is 15.6. The Hall–Kier alpha value is -3.14. The van der Waals surface area contributed by atoms with Crippen molar-refractivity contribution >= 4 is 16.7 Å². The minimum atomic E-state index is -0.427. The van der Waals surface area contributed by atoms with E-state index in [1.165, 1.54) is 10.7 Å². The van der Waals surface area contributed by atoms with Crippen LogP contribution in [0.15, 0.2) is 18.2 Å². The Morgan fingerprint density at radius 2 is 1.93 bits per heavy atom. The van der Waals surface area contributed by atoms with Gasteiger partial charge in [0.1, 0.15) is 11.0 Å². The van der Waals surface area contributed by atoms with Gasteiger partial charge in [0.05, 0.1) is 18.8 Å². The Morgan fingerprint density at radius 1 is 1.11 bits per heavy atom.